The lowest BCUT2D eigenvalue weighted by Gasteiger charge is -2.37. The average Bonchev–Trinajstić information content (AvgIpc) is 2.75. The van der Waals surface area contributed by atoms with Crippen molar-refractivity contribution in [3.8, 4) is 0 Å². The van der Waals surface area contributed by atoms with Crippen LogP contribution in [0.5, 0.6) is 0 Å². The molecule has 0 aromatic heterocycles. The molecule has 0 bridgehead atoms. The van der Waals surface area contributed by atoms with E-state index in [9.17, 15) is 4.79 Å². The number of nitrogens with zero attached hydrogens (tertiary/aromatic N) is 4. The second kappa shape index (κ2) is 12.0. The van der Waals surface area contributed by atoms with E-state index in [1.165, 1.54) is 11.1 Å². The summed E-state index contributed by atoms with van der Waals surface area (Å²) in [6, 6.07) is 8.81. The van der Waals surface area contributed by atoms with E-state index >= 15 is 0 Å². The number of hydrogen-bond donors (Lipinski definition) is 1. The average molecular weight is 543 g/mol. The molecule has 0 saturated carbocycles. The first kappa shape index (κ1) is 25.9. The molecular weight excluding hydrogens is 505 g/mol. The lowest BCUT2D eigenvalue weighted by molar-refractivity contribution is -0.136. The monoisotopic (exact) mass is 543 g/mol. The number of aliphatic imine (C=N–C) groups is 1. The van der Waals surface area contributed by atoms with Crippen molar-refractivity contribution in [1.82, 2.24) is 20.0 Å². The first-order chi connectivity index (χ1) is 14.4. The predicted octanol–water partition coefficient (Wildman–Crippen LogP) is 2.15. The predicted molar refractivity (Wildman–Crippen MR) is 136 cm³/mol. The molecule has 7 nitrogen and oxygen atoms in total. The maximum atomic E-state index is 12.5. The van der Waals surface area contributed by atoms with Crippen molar-refractivity contribution in [3.63, 3.8) is 0 Å². The van der Waals surface area contributed by atoms with Crippen LogP contribution in [0, 0.1) is 0 Å². The number of amides is 1. The fraction of sp³-hybridized carbons (Fsp3) is 0.652. The van der Waals surface area contributed by atoms with Crippen LogP contribution in [-0.4, -0.2) is 92.6 Å². The highest BCUT2D eigenvalue weighted by molar-refractivity contribution is 14.0. The van der Waals surface area contributed by atoms with Crippen LogP contribution in [0.3, 0.4) is 0 Å². The van der Waals surface area contributed by atoms with Gasteiger partial charge >= 0.3 is 0 Å². The van der Waals surface area contributed by atoms with Gasteiger partial charge in [-0.25, -0.2) is 0 Å². The van der Waals surface area contributed by atoms with E-state index in [-0.39, 0.29) is 35.3 Å². The van der Waals surface area contributed by atoms with Crippen LogP contribution in [0.2, 0.25) is 0 Å². The van der Waals surface area contributed by atoms with E-state index in [1.807, 2.05) is 11.9 Å². The van der Waals surface area contributed by atoms with Crippen molar-refractivity contribution in [2.45, 2.75) is 32.7 Å². The largest absolute Gasteiger partial charge is 0.378 e. The molecule has 1 amide bonds. The van der Waals surface area contributed by atoms with Gasteiger partial charge in [-0.05, 0) is 16.5 Å². The number of nitrogens with one attached hydrogen (secondary N) is 1. The summed E-state index contributed by atoms with van der Waals surface area (Å²) in [6.07, 6.45) is 0. The van der Waals surface area contributed by atoms with Gasteiger partial charge in [0.05, 0.1) is 19.8 Å². The fourth-order valence-electron chi connectivity index (χ4n) is 3.86. The highest BCUT2D eigenvalue weighted by Gasteiger charge is 2.24. The molecule has 0 atom stereocenters. The third kappa shape index (κ3) is 7.61. The van der Waals surface area contributed by atoms with Gasteiger partial charge in [0.25, 0.3) is 0 Å². The molecule has 2 aliphatic heterocycles. The number of carbonyl (C=O) groups excluding carboxylic acids is 1. The Morgan fingerprint density at radius 2 is 1.61 bits per heavy atom. The molecule has 31 heavy (non-hydrogen) atoms. The number of carbonyl (C=O) groups is 1. The van der Waals surface area contributed by atoms with E-state index in [0.29, 0.717) is 32.8 Å². The van der Waals surface area contributed by atoms with Gasteiger partial charge in [0.2, 0.25) is 5.91 Å². The molecule has 8 heteroatoms. The lowest BCUT2D eigenvalue weighted by Crippen LogP contribution is -2.54. The highest BCUT2D eigenvalue weighted by Crippen LogP contribution is 2.22. The van der Waals surface area contributed by atoms with E-state index in [4.69, 9.17) is 4.74 Å². The van der Waals surface area contributed by atoms with E-state index < -0.39 is 0 Å². The Morgan fingerprint density at radius 3 is 2.16 bits per heavy atom. The topological polar surface area (TPSA) is 60.4 Å². The first-order valence-electron chi connectivity index (χ1n) is 11.0. The van der Waals surface area contributed by atoms with Crippen molar-refractivity contribution in [2.75, 3.05) is 66.1 Å². The third-order valence-corrected chi connectivity index (χ3v) is 5.88. The van der Waals surface area contributed by atoms with E-state index in [2.05, 4.69) is 65.1 Å². The minimum absolute atomic E-state index is 0. The van der Waals surface area contributed by atoms with Gasteiger partial charge in [0.15, 0.2) is 5.96 Å². The van der Waals surface area contributed by atoms with Crippen LogP contribution in [0.4, 0.5) is 0 Å². The summed E-state index contributed by atoms with van der Waals surface area (Å²) < 4.78 is 5.33. The van der Waals surface area contributed by atoms with E-state index in [1.54, 1.807) is 0 Å². The van der Waals surface area contributed by atoms with Crippen molar-refractivity contribution in [2.24, 2.45) is 4.99 Å². The quantitative estimate of drug-likeness (QED) is 0.359. The Hall–Kier alpha value is -1.39. The second-order valence-corrected chi connectivity index (χ2v) is 9.10. The number of halogens is 1. The zero-order valence-corrected chi connectivity index (χ0v) is 21.7. The fourth-order valence-corrected chi connectivity index (χ4v) is 3.86. The summed E-state index contributed by atoms with van der Waals surface area (Å²) in [5.74, 6) is 1.14. The van der Waals surface area contributed by atoms with Crippen molar-refractivity contribution in [1.29, 1.82) is 0 Å². The number of benzene rings is 1. The molecule has 1 aromatic rings. The molecule has 1 N–H and O–H groups in total. The Kier molecular flexibility index (Phi) is 10.0. The van der Waals surface area contributed by atoms with Crippen molar-refractivity contribution < 1.29 is 9.53 Å². The first-order valence-corrected chi connectivity index (χ1v) is 11.0. The minimum atomic E-state index is 0. The van der Waals surface area contributed by atoms with Crippen molar-refractivity contribution in [3.05, 3.63) is 35.4 Å². The van der Waals surface area contributed by atoms with Crippen LogP contribution in [0.1, 0.15) is 31.9 Å². The summed E-state index contributed by atoms with van der Waals surface area (Å²) in [5, 5.41) is 3.49. The molecule has 3 rings (SSSR count). The molecule has 174 valence electrons. The summed E-state index contributed by atoms with van der Waals surface area (Å²) >= 11 is 0. The van der Waals surface area contributed by atoms with E-state index in [0.717, 1.165) is 38.7 Å². The summed E-state index contributed by atoms with van der Waals surface area (Å²) in [7, 11) is 1.83. The number of morpholine rings is 1. The van der Waals surface area contributed by atoms with Gasteiger partial charge < -0.3 is 19.9 Å². The zero-order valence-electron chi connectivity index (χ0n) is 19.4. The maximum absolute atomic E-state index is 12.5. The van der Waals surface area contributed by atoms with Gasteiger partial charge in [0, 0.05) is 52.9 Å². The molecule has 1 aromatic carbocycles. The highest BCUT2D eigenvalue weighted by atomic mass is 127. The normalized spacial score (nSPS) is 18.5. The zero-order chi connectivity index (χ0) is 21.6. The van der Waals surface area contributed by atoms with Crippen LogP contribution < -0.4 is 5.32 Å². The summed E-state index contributed by atoms with van der Waals surface area (Å²) in [5.41, 5.74) is 2.77. The number of rotatable bonds is 4. The molecule has 0 spiro atoms. The molecular formula is C23H38IN5O2. The molecule has 2 heterocycles. The summed E-state index contributed by atoms with van der Waals surface area (Å²) in [4.78, 5) is 23.4. The third-order valence-electron chi connectivity index (χ3n) is 5.88. The standard InChI is InChI=1S/C23H37N5O2.HI/c1-23(2,3)20-7-5-19(6-8-20)17-25-22(24-4)28-11-9-26(10-12-28)18-21(29)27-13-15-30-16-14-27;/h5-8H,9-18H2,1-4H3,(H,24,25);1H. The number of piperazine rings is 1. The minimum Gasteiger partial charge on any atom is -0.378 e. The molecule has 2 aliphatic rings. The maximum Gasteiger partial charge on any atom is 0.236 e. The molecule has 2 fully saturated rings. The Bertz CT molecular complexity index is 718. The SMILES string of the molecule is CN=C(NCc1ccc(C(C)(C)C)cc1)N1CCN(CC(=O)N2CCOCC2)CC1.I. The van der Waals surface area contributed by atoms with Gasteiger partial charge in [-0.3, -0.25) is 14.7 Å². The Labute approximate surface area is 204 Å². The van der Waals surface area contributed by atoms with Crippen LogP contribution in [-0.2, 0) is 21.5 Å². The molecule has 2 saturated heterocycles. The van der Waals surface area contributed by atoms with Crippen LogP contribution in [0.15, 0.2) is 29.3 Å². The van der Waals surface area contributed by atoms with Crippen LogP contribution >= 0.6 is 24.0 Å². The second-order valence-electron chi connectivity index (χ2n) is 9.10. The van der Waals surface area contributed by atoms with Gasteiger partial charge in [-0.1, -0.05) is 45.0 Å². The number of ether oxygens (including phenoxy) is 1. The summed E-state index contributed by atoms with van der Waals surface area (Å²) in [6.45, 7) is 14.2. The Balaban J connectivity index is 0.00000341. The smallest absolute Gasteiger partial charge is 0.236 e. The van der Waals surface area contributed by atoms with Gasteiger partial charge in [-0.2, -0.15) is 0 Å². The Morgan fingerprint density at radius 1 is 1.00 bits per heavy atom. The van der Waals surface area contributed by atoms with Gasteiger partial charge in [-0.15, -0.1) is 24.0 Å². The molecule has 0 aliphatic carbocycles. The molecule has 0 unspecified atom stereocenters. The van der Waals surface area contributed by atoms with Gasteiger partial charge in [0.1, 0.15) is 0 Å². The number of hydrogen-bond acceptors (Lipinski definition) is 4. The molecule has 0 radical (unpaired) electrons. The van der Waals surface area contributed by atoms with Crippen LogP contribution in [0.25, 0.3) is 0 Å². The lowest BCUT2D eigenvalue weighted by atomic mass is 9.87. The number of guanidine groups is 1. The van der Waals surface area contributed by atoms with Crippen molar-refractivity contribution >= 4 is 35.8 Å².